The molecule has 4 heteroatoms. The van der Waals surface area contributed by atoms with Crippen molar-refractivity contribution in [1.29, 1.82) is 0 Å². The second-order valence-electron chi connectivity index (χ2n) is 3.70. The van der Waals surface area contributed by atoms with E-state index in [4.69, 9.17) is 0 Å². The van der Waals surface area contributed by atoms with E-state index < -0.39 is 0 Å². The number of allylic oxidation sites excluding steroid dienone is 2. The minimum atomic E-state index is -0.319. The molecular weight excluding hydrogens is 327 g/mol. The molecule has 1 heterocycles. The highest BCUT2D eigenvalue weighted by molar-refractivity contribution is 14.1. The standard InChI is InChI=1S/C13H13IN2O/c1-11(17)7-8-13-10-16(14-15-13)9-12-5-3-2-4-6-12/h2-8,10H,9H2,1H3/b8-7+. The summed E-state index contributed by atoms with van der Waals surface area (Å²) in [5.41, 5.74) is 2.19. The Morgan fingerprint density at radius 1 is 1.41 bits per heavy atom. The number of rotatable bonds is 4. The summed E-state index contributed by atoms with van der Waals surface area (Å²) < 4.78 is 6.67. The van der Waals surface area contributed by atoms with Crippen molar-refractivity contribution >= 4 is 27.1 Å². The summed E-state index contributed by atoms with van der Waals surface area (Å²) in [5.74, 6) is 0.0563. The molecule has 0 unspecified atom stereocenters. The monoisotopic (exact) mass is 340 g/mol. The van der Waals surface area contributed by atoms with Crippen LogP contribution in [0.25, 0.3) is 0 Å². The Morgan fingerprint density at radius 3 is 2.88 bits per heavy atom. The second kappa shape index (κ2) is 5.86. The molecule has 0 aromatic heterocycles. The fourth-order valence-corrected chi connectivity index (χ4v) is 3.15. The van der Waals surface area contributed by atoms with E-state index in [0.29, 0.717) is 0 Å². The molecule has 1 aliphatic heterocycles. The van der Waals surface area contributed by atoms with Crippen molar-refractivity contribution in [2.75, 3.05) is 0 Å². The lowest BCUT2D eigenvalue weighted by Crippen LogP contribution is -2.01. The fourth-order valence-electron chi connectivity index (χ4n) is 1.38. The first-order valence-electron chi connectivity index (χ1n) is 5.30. The first-order chi connectivity index (χ1) is 8.24. The number of halogens is 1. The topological polar surface area (TPSA) is 32.7 Å². The lowest BCUT2D eigenvalue weighted by molar-refractivity contribution is -0.112. The average molecular weight is 340 g/mol. The molecule has 0 fully saturated rings. The zero-order valence-electron chi connectivity index (χ0n) is 9.51. The minimum absolute atomic E-state index is 0.0563. The smallest absolute Gasteiger partial charge is 0.152 e. The number of carbonyl (C=O) groups excluding carboxylic acids is 1. The molecule has 0 saturated heterocycles. The van der Waals surface area contributed by atoms with Gasteiger partial charge in [-0.05, 0) is 24.6 Å². The van der Waals surface area contributed by atoms with Crippen LogP contribution in [0.2, 0.25) is 0 Å². The summed E-state index contributed by atoms with van der Waals surface area (Å²) in [5, 5.41) is 0. The number of nitrogens with zero attached hydrogens (tertiary/aromatic N) is 2. The summed E-state index contributed by atoms with van der Waals surface area (Å²) in [6.07, 6.45) is 5.37. The van der Waals surface area contributed by atoms with Crippen LogP contribution in [0.4, 0.5) is 0 Å². The molecule has 1 aromatic rings. The van der Waals surface area contributed by atoms with Crippen LogP contribution in [-0.4, -0.2) is 8.90 Å². The maximum absolute atomic E-state index is 10.8. The molecular formula is C13H13IN2O. The van der Waals surface area contributed by atoms with E-state index in [1.165, 1.54) is 5.56 Å². The third-order valence-electron chi connectivity index (χ3n) is 2.17. The van der Waals surface area contributed by atoms with E-state index in [2.05, 4.69) is 18.4 Å². The summed E-state index contributed by atoms with van der Waals surface area (Å²) in [6.45, 7) is 2.44. The SMILES string of the molecule is CC(=O)/C=C/C1=CN(Cc2ccccc2)I=N1. The fraction of sp³-hybridized carbons (Fsp3) is 0.154. The van der Waals surface area contributed by atoms with Crippen LogP contribution < -0.4 is 0 Å². The summed E-state index contributed by atoms with van der Waals surface area (Å²) >= 11 is -0.319. The molecule has 1 aliphatic rings. The zero-order chi connectivity index (χ0) is 12.1. The molecule has 1 aromatic carbocycles. The summed E-state index contributed by atoms with van der Waals surface area (Å²) in [6, 6.07) is 10.3. The van der Waals surface area contributed by atoms with Crippen LogP contribution in [0.3, 0.4) is 0 Å². The van der Waals surface area contributed by atoms with E-state index in [-0.39, 0.29) is 27.1 Å². The number of hydrogen-bond acceptors (Lipinski definition) is 3. The lowest BCUT2D eigenvalue weighted by atomic mass is 10.2. The van der Waals surface area contributed by atoms with Crippen molar-refractivity contribution in [3.8, 4) is 0 Å². The first-order valence-corrected chi connectivity index (χ1v) is 7.23. The van der Waals surface area contributed by atoms with Gasteiger partial charge in [-0.3, -0.25) is 4.79 Å². The maximum atomic E-state index is 10.8. The number of carbonyl (C=O) groups is 1. The minimum Gasteiger partial charge on any atom is -0.306 e. The lowest BCUT2D eigenvalue weighted by Gasteiger charge is -2.09. The molecule has 0 N–H and O–H groups in total. The predicted molar refractivity (Wildman–Crippen MR) is 76.3 cm³/mol. The van der Waals surface area contributed by atoms with Crippen molar-refractivity contribution in [2.24, 2.45) is 3.15 Å². The number of hydrogen-bond donors (Lipinski definition) is 0. The second-order valence-corrected chi connectivity index (χ2v) is 5.85. The largest absolute Gasteiger partial charge is 0.306 e. The van der Waals surface area contributed by atoms with Gasteiger partial charge in [0, 0.05) is 6.20 Å². The first kappa shape index (κ1) is 12.2. The van der Waals surface area contributed by atoms with Gasteiger partial charge in [0.05, 0.1) is 12.2 Å². The highest BCUT2D eigenvalue weighted by Gasteiger charge is 2.06. The molecule has 0 amide bonds. The highest BCUT2D eigenvalue weighted by Crippen LogP contribution is 2.26. The molecule has 0 bridgehead atoms. The Balaban J connectivity index is 1.98. The van der Waals surface area contributed by atoms with E-state index >= 15 is 0 Å². The van der Waals surface area contributed by atoms with Gasteiger partial charge in [0.15, 0.2) is 5.78 Å². The maximum Gasteiger partial charge on any atom is 0.152 e. The Hall–Kier alpha value is -1.30. The molecule has 0 radical (unpaired) electrons. The van der Waals surface area contributed by atoms with Crippen molar-refractivity contribution in [1.82, 2.24) is 3.11 Å². The van der Waals surface area contributed by atoms with E-state index in [1.807, 2.05) is 24.4 Å². The number of benzene rings is 1. The third-order valence-corrected chi connectivity index (χ3v) is 4.12. The molecule has 0 spiro atoms. The molecule has 0 aliphatic carbocycles. The zero-order valence-corrected chi connectivity index (χ0v) is 11.7. The van der Waals surface area contributed by atoms with Gasteiger partial charge in [-0.2, -0.15) is 0 Å². The Kier molecular flexibility index (Phi) is 4.19. The molecule has 0 atom stereocenters. The van der Waals surface area contributed by atoms with Crippen LogP contribution in [0.1, 0.15) is 12.5 Å². The van der Waals surface area contributed by atoms with E-state index in [1.54, 1.807) is 19.1 Å². The van der Waals surface area contributed by atoms with Gasteiger partial charge in [-0.1, -0.05) is 30.3 Å². The van der Waals surface area contributed by atoms with Gasteiger partial charge < -0.3 is 3.11 Å². The van der Waals surface area contributed by atoms with Crippen molar-refractivity contribution in [2.45, 2.75) is 13.5 Å². The Bertz CT molecular complexity index is 491. The third kappa shape index (κ3) is 3.89. The molecule has 3 nitrogen and oxygen atoms in total. The van der Waals surface area contributed by atoms with Crippen LogP contribution >= 0.6 is 21.3 Å². The molecule has 88 valence electrons. The highest BCUT2D eigenvalue weighted by atomic mass is 127. The summed E-state index contributed by atoms with van der Waals surface area (Å²) in [7, 11) is 0. The van der Waals surface area contributed by atoms with Gasteiger partial charge >= 0.3 is 0 Å². The van der Waals surface area contributed by atoms with Crippen molar-refractivity contribution in [3.05, 3.63) is 59.9 Å². The van der Waals surface area contributed by atoms with Crippen molar-refractivity contribution < 1.29 is 4.79 Å². The Morgan fingerprint density at radius 2 is 2.18 bits per heavy atom. The van der Waals surface area contributed by atoms with Gasteiger partial charge in [0.2, 0.25) is 0 Å². The Labute approximate surface area is 111 Å². The molecule has 2 rings (SSSR count). The molecule has 17 heavy (non-hydrogen) atoms. The van der Waals surface area contributed by atoms with E-state index in [0.717, 1.165) is 12.2 Å². The van der Waals surface area contributed by atoms with Gasteiger partial charge in [0.1, 0.15) is 21.3 Å². The predicted octanol–water partition coefficient (Wildman–Crippen LogP) is 3.56. The quantitative estimate of drug-likeness (QED) is 0.477. The average Bonchev–Trinajstić information content (AvgIpc) is 2.75. The molecule has 0 saturated carbocycles. The normalized spacial score (nSPS) is 14.9. The van der Waals surface area contributed by atoms with Crippen LogP contribution in [0.15, 0.2) is 57.5 Å². The van der Waals surface area contributed by atoms with Crippen LogP contribution in [-0.2, 0) is 11.3 Å². The van der Waals surface area contributed by atoms with E-state index in [9.17, 15) is 4.79 Å². The van der Waals surface area contributed by atoms with Crippen molar-refractivity contribution in [3.63, 3.8) is 0 Å². The number of ketones is 1. The van der Waals surface area contributed by atoms with Gasteiger partial charge in [-0.25, -0.2) is 3.15 Å². The summed E-state index contributed by atoms with van der Waals surface area (Å²) in [4.78, 5) is 10.8. The van der Waals surface area contributed by atoms with Crippen LogP contribution in [0.5, 0.6) is 0 Å². The van der Waals surface area contributed by atoms with Gasteiger partial charge in [0.25, 0.3) is 0 Å². The van der Waals surface area contributed by atoms with Gasteiger partial charge in [-0.15, -0.1) is 0 Å². The van der Waals surface area contributed by atoms with Crippen LogP contribution in [0, 0.1) is 0 Å².